The summed E-state index contributed by atoms with van der Waals surface area (Å²) in [5.74, 6) is -0.877. The van der Waals surface area contributed by atoms with E-state index in [1.165, 1.54) is 18.2 Å². The van der Waals surface area contributed by atoms with Gasteiger partial charge in [0.05, 0.1) is 6.10 Å². The van der Waals surface area contributed by atoms with Crippen LogP contribution in [-0.4, -0.2) is 24.4 Å². The first kappa shape index (κ1) is 12.5. The first-order valence-corrected chi connectivity index (χ1v) is 5.85. The number of rotatable bonds is 4. The highest BCUT2D eigenvalue weighted by Gasteiger charge is 2.21. The minimum absolute atomic E-state index is 0.0228. The second kappa shape index (κ2) is 5.56. The summed E-state index contributed by atoms with van der Waals surface area (Å²) in [5.41, 5.74) is -0.0288. The summed E-state index contributed by atoms with van der Waals surface area (Å²) < 4.78 is 31.9. The zero-order chi connectivity index (χ0) is 12.3. The molecule has 1 aromatic rings. The lowest BCUT2D eigenvalue weighted by Crippen LogP contribution is -2.18. The molecule has 0 saturated carbocycles. The molecule has 1 saturated heterocycles. The molecule has 0 aromatic heterocycles. The predicted octanol–water partition coefficient (Wildman–Crippen LogP) is 2.29. The van der Waals surface area contributed by atoms with Crippen LogP contribution in [0.4, 0.5) is 8.78 Å². The summed E-state index contributed by atoms with van der Waals surface area (Å²) in [4.78, 5) is 0. The van der Waals surface area contributed by atoms with Crippen LogP contribution in [0.1, 0.15) is 18.4 Å². The predicted molar refractivity (Wildman–Crippen MR) is 59.6 cm³/mol. The van der Waals surface area contributed by atoms with Crippen molar-refractivity contribution in [3.05, 3.63) is 35.4 Å². The Morgan fingerprint density at radius 1 is 1.35 bits per heavy atom. The Labute approximate surface area is 99.2 Å². The Morgan fingerprint density at radius 3 is 2.65 bits per heavy atom. The maximum absolute atomic E-state index is 13.3. The van der Waals surface area contributed by atoms with Gasteiger partial charge in [0.2, 0.25) is 0 Å². The molecule has 0 bridgehead atoms. The van der Waals surface area contributed by atoms with E-state index in [4.69, 9.17) is 4.74 Å². The van der Waals surface area contributed by atoms with Gasteiger partial charge in [0.25, 0.3) is 0 Å². The quantitative estimate of drug-likeness (QED) is 0.877. The fraction of sp³-hybridized carbons (Fsp3) is 0.538. The minimum Gasteiger partial charge on any atom is -0.393 e. The molecule has 2 rings (SSSR count). The van der Waals surface area contributed by atoms with Gasteiger partial charge in [0, 0.05) is 25.2 Å². The van der Waals surface area contributed by atoms with Crippen LogP contribution in [0, 0.1) is 17.6 Å². The smallest absolute Gasteiger partial charge is 0.129 e. The molecule has 2 atom stereocenters. The number of aliphatic hydroxyl groups excluding tert-OH is 1. The summed E-state index contributed by atoms with van der Waals surface area (Å²) in [6, 6.07) is 3.75. The lowest BCUT2D eigenvalue weighted by Gasteiger charge is -2.15. The molecule has 94 valence electrons. The Morgan fingerprint density at radius 2 is 2.06 bits per heavy atom. The van der Waals surface area contributed by atoms with Gasteiger partial charge in [-0.3, -0.25) is 0 Å². The van der Waals surface area contributed by atoms with Crippen molar-refractivity contribution in [3.63, 3.8) is 0 Å². The van der Waals surface area contributed by atoms with Crippen molar-refractivity contribution in [2.45, 2.75) is 25.4 Å². The van der Waals surface area contributed by atoms with E-state index in [-0.39, 0.29) is 12.0 Å². The normalized spacial score (nSPS) is 21.7. The van der Waals surface area contributed by atoms with Crippen LogP contribution in [0.25, 0.3) is 0 Å². The van der Waals surface area contributed by atoms with Gasteiger partial charge < -0.3 is 9.84 Å². The average Bonchev–Trinajstić information content (AvgIpc) is 2.76. The highest BCUT2D eigenvalue weighted by Crippen LogP contribution is 2.21. The van der Waals surface area contributed by atoms with E-state index in [1.54, 1.807) is 0 Å². The Kier molecular flexibility index (Phi) is 4.07. The SMILES string of the molecule is OC(Cc1c(F)cccc1F)CC1CCOC1. The number of aliphatic hydroxyl groups is 1. The molecule has 1 N–H and O–H groups in total. The van der Waals surface area contributed by atoms with E-state index in [0.29, 0.717) is 25.6 Å². The molecule has 1 aliphatic rings. The van der Waals surface area contributed by atoms with E-state index in [2.05, 4.69) is 0 Å². The van der Waals surface area contributed by atoms with Crippen molar-refractivity contribution in [2.75, 3.05) is 13.2 Å². The lowest BCUT2D eigenvalue weighted by atomic mass is 9.96. The average molecular weight is 242 g/mol. The third-order valence-electron chi connectivity index (χ3n) is 3.13. The van der Waals surface area contributed by atoms with Gasteiger partial charge in [-0.2, -0.15) is 0 Å². The van der Waals surface area contributed by atoms with Crippen molar-refractivity contribution in [1.29, 1.82) is 0 Å². The van der Waals surface area contributed by atoms with Crippen molar-refractivity contribution in [3.8, 4) is 0 Å². The third kappa shape index (κ3) is 3.23. The monoisotopic (exact) mass is 242 g/mol. The fourth-order valence-electron chi connectivity index (χ4n) is 2.20. The van der Waals surface area contributed by atoms with E-state index >= 15 is 0 Å². The number of hydrogen-bond acceptors (Lipinski definition) is 2. The van der Waals surface area contributed by atoms with E-state index in [9.17, 15) is 13.9 Å². The van der Waals surface area contributed by atoms with Crippen LogP contribution >= 0.6 is 0 Å². The van der Waals surface area contributed by atoms with Gasteiger partial charge in [-0.1, -0.05) is 6.07 Å². The van der Waals surface area contributed by atoms with Gasteiger partial charge in [0.15, 0.2) is 0 Å². The number of ether oxygens (including phenoxy) is 1. The molecule has 0 amide bonds. The van der Waals surface area contributed by atoms with Crippen LogP contribution in [0.5, 0.6) is 0 Å². The minimum atomic E-state index is -0.715. The van der Waals surface area contributed by atoms with E-state index < -0.39 is 17.7 Å². The van der Waals surface area contributed by atoms with E-state index in [0.717, 1.165) is 6.42 Å². The van der Waals surface area contributed by atoms with Gasteiger partial charge in [-0.25, -0.2) is 8.78 Å². The molecule has 17 heavy (non-hydrogen) atoms. The third-order valence-corrected chi connectivity index (χ3v) is 3.13. The zero-order valence-corrected chi connectivity index (χ0v) is 9.53. The molecule has 1 fully saturated rings. The number of halogens is 2. The van der Waals surface area contributed by atoms with Crippen LogP contribution in [-0.2, 0) is 11.2 Å². The van der Waals surface area contributed by atoms with Crippen LogP contribution < -0.4 is 0 Å². The molecular formula is C13H16F2O2. The first-order chi connectivity index (χ1) is 8.16. The van der Waals surface area contributed by atoms with Crippen molar-refractivity contribution < 1.29 is 18.6 Å². The molecule has 0 aliphatic carbocycles. The van der Waals surface area contributed by atoms with Gasteiger partial charge in [-0.05, 0) is 30.9 Å². The molecule has 2 nitrogen and oxygen atoms in total. The highest BCUT2D eigenvalue weighted by molar-refractivity contribution is 5.20. The van der Waals surface area contributed by atoms with Crippen LogP contribution in [0.3, 0.4) is 0 Å². The maximum Gasteiger partial charge on any atom is 0.129 e. The molecular weight excluding hydrogens is 226 g/mol. The Balaban J connectivity index is 1.95. The Hall–Kier alpha value is -1.00. The molecule has 1 aliphatic heterocycles. The molecule has 1 heterocycles. The lowest BCUT2D eigenvalue weighted by molar-refractivity contribution is 0.127. The summed E-state index contributed by atoms with van der Waals surface area (Å²) in [5, 5.41) is 9.82. The topological polar surface area (TPSA) is 29.5 Å². The zero-order valence-electron chi connectivity index (χ0n) is 9.53. The first-order valence-electron chi connectivity index (χ1n) is 5.85. The molecule has 2 unspecified atom stereocenters. The molecule has 4 heteroatoms. The molecule has 1 aromatic carbocycles. The second-order valence-electron chi connectivity index (χ2n) is 4.52. The summed E-state index contributed by atoms with van der Waals surface area (Å²) in [6.45, 7) is 1.35. The van der Waals surface area contributed by atoms with E-state index in [1.807, 2.05) is 0 Å². The van der Waals surface area contributed by atoms with Crippen molar-refractivity contribution in [2.24, 2.45) is 5.92 Å². The number of benzene rings is 1. The molecule has 0 radical (unpaired) electrons. The van der Waals surface area contributed by atoms with Crippen LogP contribution in [0.2, 0.25) is 0 Å². The fourth-order valence-corrected chi connectivity index (χ4v) is 2.20. The Bertz CT molecular complexity index is 355. The van der Waals surface area contributed by atoms with Crippen molar-refractivity contribution in [1.82, 2.24) is 0 Å². The van der Waals surface area contributed by atoms with Gasteiger partial charge >= 0.3 is 0 Å². The summed E-state index contributed by atoms with van der Waals surface area (Å²) >= 11 is 0. The summed E-state index contributed by atoms with van der Waals surface area (Å²) in [7, 11) is 0. The van der Waals surface area contributed by atoms with Crippen molar-refractivity contribution >= 4 is 0 Å². The largest absolute Gasteiger partial charge is 0.393 e. The standard InChI is InChI=1S/C13H16F2O2/c14-12-2-1-3-13(15)11(12)7-10(16)6-9-4-5-17-8-9/h1-3,9-10,16H,4-8H2. The number of hydrogen-bond donors (Lipinski definition) is 1. The summed E-state index contributed by atoms with van der Waals surface area (Å²) in [6.07, 6.45) is 0.757. The maximum atomic E-state index is 13.3. The highest BCUT2D eigenvalue weighted by atomic mass is 19.1. The van der Waals surface area contributed by atoms with Gasteiger partial charge in [-0.15, -0.1) is 0 Å². The molecule has 0 spiro atoms. The van der Waals surface area contributed by atoms with Gasteiger partial charge in [0.1, 0.15) is 11.6 Å². The second-order valence-corrected chi connectivity index (χ2v) is 4.52. The van der Waals surface area contributed by atoms with Crippen LogP contribution in [0.15, 0.2) is 18.2 Å².